The van der Waals surface area contributed by atoms with E-state index in [0.29, 0.717) is 0 Å². The zero-order valence-corrected chi connectivity index (χ0v) is 11.5. The fraction of sp³-hybridized carbons (Fsp3) is 0.533. The highest BCUT2D eigenvalue weighted by Crippen LogP contribution is 2.28. The number of amides is 2. The molecule has 1 fully saturated rings. The van der Waals surface area contributed by atoms with E-state index in [0.717, 1.165) is 51.3 Å². The lowest BCUT2D eigenvalue weighted by atomic mass is 10.00. The second-order valence-corrected chi connectivity index (χ2v) is 5.41. The van der Waals surface area contributed by atoms with Crippen molar-refractivity contribution in [1.82, 2.24) is 10.2 Å². The molecule has 4 nitrogen and oxygen atoms in total. The summed E-state index contributed by atoms with van der Waals surface area (Å²) in [4.78, 5) is 16.6. The van der Waals surface area contributed by atoms with Crippen LogP contribution in [0.3, 0.4) is 0 Å². The van der Waals surface area contributed by atoms with Crippen LogP contribution in [0.5, 0.6) is 0 Å². The Balaban J connectivity index is 1.84. The second kappa shape index (κ2) is 5.21. The third-order valence-corrected chi connectivity index (χ3v) is 3.97. The largest absolute Gasteiger partial charge is 0.324 e. The minimum Gasteiger partial charge on any atom is -0.322 e. The molecular formula is C15H21N3O. The van der Waals surface area contributed by atoms with Gasteiger partial charge in [-0.05, 0) is 31.4 Å². The zero-order valence-electron chi connectivity index (χ0n) is 11.5. The predicted octanol–water partition coefficient (Wildman–Crippen LogP) is 1.77. The summed E-state index contributed by atoms with van der Waals surface area (Å²) in [5.74, 6) is 0. The zero-order chi connectivity index (χ0) is 13.2. The van der Waals surface area contributed by atoms with Gasteiger partial charge in [-0.3, -0.25) is 4.90 Å². The molecular weight excluding hydrogens is 238 g/mol. The maximum absolute atomic E-state index is 12.6. The van der Waals surface area contributed by atoms with Gasteiger partial charge in [-0.25, -0.2) is 4.79 Å². The molecule has 0 bridgehead atoms. The van der Waals surface area contributed by atoms with Crippen LogP contribution < -0.4 is 10.2 Å². The normalized spacial score (nSPS) is 19.2. The summed E-state index contributed by atoms with van der Waals surface area (Å²) in [7, 11) is 0. The minimum atomic E-state index is 0.173. The van der Waals surface area contributed by atoms with Gasteiger partial charge in [-0.2, -0.15) is 0 Å². The number of rotatable bonds is 0. The first kappa shape index (κ1) is 12.5. The topological polar surface area (TPSA) is 35.6 Å². The number of hydrogen-bond acceptors (Lipinski definition) is 2. The summed E-state index contributed by atoms with van der Waals surface area (Å²) >= 11 is 0. The Labute approximate surface area is 114 Å². The van der Waals surface area contributed by atoms with E-state index in [1.165, 1.54) is 11.1 Å². The number of aryl methyl sites for hydroxylation is 2. The molecule has 0 aliphatic carbocycles. The molecule has 1 saturated heterocycles. The van der Waals surface area contributed by atoms with Crippen LogP contribution in [0.25, 0.3) is 0 Å². The molecule has 2 aliphatic rings. The molecule has 4 heteroatoms. The Morgan fingerprint density at radius 3 is 2.79 bits per heavy atom. The maximum Gasteiger partial charge on any atom is 0.324 e. The number of piperazine rings is 1. The molecule has 0 unspecified atom stereocenters. The second-order valence-electron chi connectivity index (χ2n) is 5.41. The Kier molecular flexibility index (Phi) is 3.42. The molecule has 0 aromatic heterocycles. The summed E-state index contributed by atoms with van der Waals surface area (Å²) in [5, 5.41) is 3.29. The van der Waals surface area contributed by atoms with Gasteiger partial charge < -0.3 is 10.2 Å². The lowest BCUT2D eigenvalue weighted by Crippen LogP contribution is -2.52. The lowest BCUT2D eigenvalue weighted by Gasteiger charge is -2.36. The number of fused-ring (bicyclic) bond motifs is 1. The number of carbonyl (C=O) groups excluding carboxylic acids is 1. The van der Waals surface area contributed by atoms with Crippen LogP contribution >= 0.6 is 0 Å². The fourth-order valence-electron chi connectivity index (χ4n) is 2.95. The molecule has 0 radical (unpaired) electrons. The van der Waals surface area contributed by atoms with Crippen LogP contribution in [-0.2, 0) is 6.42 Å². The number of anilines is 1. The average Bonchev–Trinajstić information content (AvgIpc) is 2.46. The molecule has 1 N–H and O–H groups in total. The molecule has 102 valence electrons. The summed E-state index contributed by atoms with van der Waals surface area (Å²) in [6.45, 7) is 6.39. The number of nitrogens with one attached hydrogen (secondary N) is 1. The summed E-state index contributed by atoms with van der Waals surface area (Å²) in [5.41, 5.74) is 3.70. The van der Waals surface area contributed by atoms with Crippen LogP contribution in [-0.4, -0.2) is 43.7 Å². The Morgan fingerprint density at radius 2 is 2.00 bits per heavy atom. The number of carbonyl (C=O) groups is 1. The molecule has 2 aliphatic heterocycles. The van der Waals surface area contributed by atoms with Crippen LogP contribution in [0.1, 0.15) is 17.5 Å². The minimum absolute atomic E-state index is 0.173. The highest BCUT2D eigenvalue weighted by Gasteiger charge is 2.27. The van der Waals surface area contributed by atoms with Crippen molar-refractivity contribution in [3.8, 4) is 0 Å². The number of benzene rings is 1. The van der Waals surface area contributed by atoms with Crippen molar-refractivity contribution < 1.29 is 4.79 Å². The smallest absolute Gasteiger partial charge is 0.322 e. The summed E-state index contributed by atoms with van der Waals surface area (Å²) in [6, 6.07) is 6.59. The summed E-state index contributed by atoms with van der Waals surface area (Å²) in [6.07, 6.45) is 2.15. The average molecular weight is 259 g/mol. The number of urea groups is 1. The quantitative estimate of drug-likeness (QED) is 0.771. The maximum atomic E-state index is 12.6. The number of hydrogen-bond donors (Lipinski definition) is 1. The van der Waals surface area contributed by atoms with Gasteiger partial charge in [0, 0.05) is 38.4 Å². The van der Waals surface area contributed by atoms with Crippen LogP contribution in [0.15, 0.2) is 18.2 Å². The van der Waals surface area contributed by atoms with Gasteiger partial charge in [0.15, 0.2) is 0 Å². The van der Waals surface area contributed by atoms with E-state index in [4.69, 9.17) is 0 Å². The van der Waals surface area contributed by atoms with E-state index in [2.05, 4.69) is 30.4 Å². The first-order chi connectivity index (χ1) is 9.25. The van der Waals surface area contributed by atoms with E-state index < -0.39 is 0 Å². The van der Waals surface area contributed by atoms with Gasteiger partial charge in [0.25, 0.3) is 0 Å². The highest BCUT2D eigenvalue weighted by molar-refractivity contribution is 5.93. The molecule has 1 aromatic carbocycles. The van der Waals surface area contributed by atoms with E-state index >= 15 is 0 Å². The van der Waals surface area contributed by atoms with Gasteiger partial charge in [-0.1, -0.05) is 17.7 Å². The van der Waals surface area contributed by atoms with Crippen molar-refractivity contribution in [2.75, 3.05) is 37.6 Å². The van der Waals surface area contributed by atoms with Crippen LogP contribution in [0, 0.1) is 6.92 Å². The van der Waals surface area contributed by atoms with Gasteiger partial charge in [0.2, 0.25) is 0 Å². The van der Waals surface area contributed by atoms with E-state index in [1.807, 2.05) is 9.80 Å². The first-order valence-electron chi connectivity index (χ1n) is 7.12. The van der Waals surface area contributed by atoms with Crippen molar-refractivity contribution in [1.29, 1.82) is 0 Å². The van der Waals surface area contributed by atoms with Crippen LogP contribution in [0.4, 0.5) is 10.5 Å². The number of nitrogens with zero attached hydrogens (tertiary/aromatic N) is 2. The van der Waals surface area contributed by atoms with Crippen molar-refractivity contribution in [3.63, 3.8) is 0 Å². The van der Waals surface area contributed by atoms with Gasteiger partial charge in [0.05, 0.1) is 0 Å². The third-order valence-electron chi connectivity index (χ3n) is 3.97. The van der Waals surface area contributed by atoms with Crippen molar-refractivity contribution in [2.24, 2.45) is 0 Å². The molecule has 1 aromatic rings. The van der Waals surface area contributed by atoms with Crippen molar-refractivity contribution in [3.05, 3.63) is 29.3 Å². The molecule has 0 saturated carbocycles. The third kappa shape index (κ3) is 2.45. The first-order valence-corrected chi connectivity index (χ1v) is 7.12. The Morgan fingerprint density at radius 1 is 1.21 bits per heavy atom. The molecule has 0 spiro atoms. The standard InChI is InChI=1S/C15H21N3O/c1-12-4-5-14-13(11-12)3-2-8-18(14)15(19)17-9-6-16-7-10-17/h4-5,11,16H,2-3,6-10H2,1H3. The predicted molar refractivity (Wildman–Crippen MR) is 76.7 cm³/mol. The van der Waals surface area contributed by atoms with Gasteiger partial charge >= 0.3 is 6.03 Å². The van der Waals surface area contributed by atoms with Gasteiger partial charge in [0.1, 0.15) is 0 Å². The lowest BCUT2D eigenvalue weighted by molar-refractivity contribution is 0.196. The Bertz CT molecular complexity index is 480. The Hall–Kier alpha value is -1.55. The SMILES string of the molecule is Cc1ccc2c(c1)CCCN2C(=O)N1CCNCC1. The van der Waals surface area contributed by atoms with E-state index in [1.54, 1.807) is 0 Å². The van der Waals surface area contributed by atoms with E-state index in [-0.39, 0.29) is 6.03 Å². The van der Waals surface area contributed by atoms with Crippen molar-refractivity contribution in [2.45, 2.75) is 19.8 Å². The van der Waals surface area contributed by atoms with Crippen molar-refractivity contribution >= 4 is 11.7 Å². The monoisotopic (exact) mass is 259 g/mol. The highest BCUT2D eigenvalue weighted by atomic mass is 16.2. The van der Waals surface area contributed by atoms with Gasteiger partial charge in [-0.15, -0.1) is 0 Å². The van der Waals surface area contributed by atoms with Crippen LogP contribution in [0.2, 0.25) is 0 Å². The molecule has 2 amide bonds. The van der Waals surface area contributed by atoms with E-state index in [9.17, 15) is 4.79 Å². The fourth-order valence-corrected chi connectivity index (χ4v) is 2.95. The molecule has 3 rings (SSSR count). The molecule has 2 heterocycles. The summed E-state index contributed by atoms with van der Waals surface area (Å²) < 4.78 is 0. The molecule has 19 heavy (non-hydrogen) atoms. The molecule has 0 atom stereocenters.